The van der Waals surface area contributed by atoms with Crippen molar-refractivity contribution in [3.05, 3.63) is 41.3 Å². The van der Waals surface area contributed by atoms with Crippen LogP contribution in [0.1, 0.15) is 32.9 Å². The third kappa shape index (κ3) is 3.42. The predicted molar refractivity (Wildman–Crippen MR) is 126 cm³/mol. The summed E-state index contributed by atoms with van der Waals surface area (Å²) < 4.78 is 4.78. The summed E-state index contributed by atoms with van der Waals surface area (Å²) in [6.07, 6.45) is 1.33. The van der Waals surface area contributed by atoms with Crippen LogP contribution in [0.3, 0.4) is 0 Å². The van der Waals surface area contributed by atoms with Crippen LogP contribution in [-0.4, -0.2) is 81.0 Å². The maximum atomic E-state index is 13.8. The van der Waals surface area contributed by atoms with Gasteiger partial charge in [-0.25, -0.2) is 0 Å². The number of primary amides is 1. The Kier molecular flexibility index (Phi) is 5.80. The van der Waals surface area contributed by atoms with E-state index >= 15 is 0 Å². The van der Waals surface area contributed by atoms with Crippen LogP contribution in [0, 0.1) is 23.7 Å². The van der Waals surface area contributed by atoms with Crippen molar-refractivity contribution in [1.29, 1.82) is 0 Å². The Morgan fingerprint density at radius 2 is 1.87 bits per heavy atom. The van der Waals surface area contributed by atoms with E-state index in [1.54, 1.807) is 0 Å². The van der Waals surface area contributed by atoms with E-state index in [1.165, 1.54) is 43.4 Å². The molecular formula is C25H24N4O9. The third-order valence-corrected chi connectivity index (χ3v) is 7.84. The molecule has 6 atom stereocenters. The van der Waals surface area contributed by atoms with Gasteiger partial charge in [0.15, 0.2) is 34.7 Å². The van der Waals surface area contributed by atoms with E-state index in [9.17, 15) is 39.0 Å². The average Bonchev–Trinajstić information content (AvgIpc) is 3.38. The summed E-state index contributed by atoms with van der Waals surface area (Å²) >= 11 is 0. The van der Waals surface area contributed by atoms with E-state index in [0.717, 1.165) is 0 Å². The summed E-state index contributed by atoms with van der Waals surface area (Å²) in [5.74, 6) is -12.3. The SMILES string of the molecule is CN(C)[C@H]1C(=O)C(C(N)=O)C(=O)[C@@]2(O)C(=O)C3C(=O)c4c(ccc(NC(=O)c5ccno5)c4O)C[C@@H]3C[C@H]12. The molecule has 2 saturated carbocycles. The molecule has 1 heterocycles. The van der Waals surface area contributed by atoms with Gasteiger partial charge in [-0.15, -0.1) is 0 Å². The minimum Gasteiger partial charge on any atom is -0.505 e. The number of nitrogens with two attached hydrogens (primary N) is 1. The molecule has 5 rings (SSSR count). The molecule has 1 aromatic heterocycles. The number of fused-ring (bicyclic) bond motifs is 3. The molecule has 13 nitrogen and oxygen atoms in total. The van der Waals surface area contributed by atoms with Gasteiger partial charge in [-0.05, 0) is 44.5 Å². The van der Waals surface area contributed by atoms with Gasteiger partial charge in [0, 0.05) is 12.0 Å². The minimum absolute atomic E-state index is 0.0470. The number of aromatic nitrogens is 1. The molecule has 0 aliphatic heterocycles. The summed E-state index contributed by atoms with van der Waals surface area (Å²) in [5, 5.41) is 28.3. The van der Waals surface area contributed by atoms with E-state index in [2.05, 4.69) is 10.5 Å². The number of benzene rings is 1. The minimum atomic E-state index is -2.80. The van der Waals surface area contributed by atoms with Gasteiger partial charge >= 0.3 is 0 Å². The Morgan fingerprint density at radius 3 is 2.47 bits per heavy atom. The quantitative estimate of drug-likeness (QED) is 0.284. The number of nitrogens with one attached hydrogen (secondary N) is 1. The molecule has 38 heavy (non-hydrogen) atoms. The molecule has 198 valence electrons. The lowest BCUT2D eigenvalue weighted by atomic mass is 9.52. The Labute approximate surface area is 214 Å². The molecule has 13 heteroatoms. The van der Waals surface area contributed by atoms with E-state index < -0.39 is 76.0 Å². The normalized spacial score (nSPS) is 30.5. The first-order chi connectivity index (χ1) is 17.9. The maximum absolute atomic E-state index is 13.8. The lowest BCUT2D eigenvalue weighted by Crippen LogP contribution is -2.74. The first-order valence-electron chi connectivity index (χ1n) is 11.8. The Morgan fingerprint density at radius 1 is 1.16 bits per heavy atom. The maximum Gasteiger partial charge on any atom is 0.294 e. The Balaban J connectivity index is 1.55. The lowest BCUT2D eigenvalue weighted by molar-refractivity contribution is -0.181. The molecule has 2 amide bonds. The number of anilines is 1. The fourth-order valence-electron chi connectivity index (χ4n) is 6.20. The van der Waals surface area contributed by atoms with Crippen molar-refractivity contribution in [2.45, 2.75) is 24.5 Å². The number of hydrogen-bond acceptors (Lipinski definition) is 11. The van der Waals surface area contributed by atoms with Crippen molar-refractivity contribution in [2.24, 2.45) is 29.4 Å². The Hall–Kier alpha value is -4.23. The summed E-state index contributed by atoms with van der Waals surface area (Å²) in [4.78, 5) is 79.6. The molecule has 0 spiro atoms. The van der Waals surface area contributed by atoms with Gasteiger partial charge in [-0.1, -0.05) is 11.2 Å². The number of aliphatic hydroxyl groups is 1. The number of carbonyl (C=O) groups excluding carboxylic acids is 6. The highest BCUT2D eigenvalue weighted by atomic mass is 16.5. The van der Waals surface area contributed by atoms with Crippen LogP contribution in [0.25, 0.3) is 0 Å². The van der Waals surface area contributed by atoms with Crippen LogP contribution in [0.4, 0.5) is 5.69 Å². The number of rotatable bonds is 4. The monoisotopic (exact) mass is 524 g/mol. The second-order valence-electron chi connectivity index (χ2n) is 10.1. The highest BCUT2D eigenvalue weighted by molar-refractivity contribution is 6.32. The number of ketones is 4. The van der Waals surface area contributed by atoms with E-state index in [0.29, 0.717) is 5.56 Å². The van der Waals surface area contributed by atoms with Gasteiger partial charge in [0.1, 0.15) is 5.75 Å². The number of phenolic OH excluding ortho intramolecular Hbond substituents is 1. The first kappa shape index (κ1) is 25.4. The molecule has 2 fully saturated rings. The summed E-state index contributed by atoms with van der Waals surface area (Å²) in [7, 11) is 3.03. The molecule has 0 saturated heterocycles. The second-order valence-corrected chi connectivity index (χ2v) is 10.1. The fourth-order valence-corrected chi connectivity index (χ4v) is 6.20. The first-order valence-corrected chi connectivity index (χ1v) is 11.8. The molecule has 2 aromatic rings. The average molecular weight is 524 g/mol. The number of amides is 2. The van der Waals surface area contributed by atoms with Gasteiger partial charge in [-0.3, -0.25) is 33.7 Å². The topological polar surface area (TPSA) is 210 Å². The molecule has 5 N–H and O–H groups in total. The molecule has 3 aliphatic rings. The van der Waals surface area contributed by atoms with Gasteiger partial charge in [-0.2, -0.15) is 0 Å². The fraction of sp³-hybridized carbons (Fsp3) is 0.400. The van der Waals surface area contributed by atoms with Gasteiger partial charge in [0.05, 0.1) is 29.4 Å². The van der Waals surface area contributed by atoms with Crippen LogP contribution < -0.4 is 11.1 Å². The molecular weight excluding hydrogens is 500 g/mol. The standard InChI is InChI=1S/C25H24N4O9/c1-29(2)17-11-8-10-7-9-3-4-12(28-24(36)13-5-6-27-38-13)18(30)14(9)19(31)15(10)21(33)25(11,37)22(34)16(20(17)32)23(26)35/h3-6,10-11,15-17,30,37H,7-8H2,1-2H3,(H2,26,35)(H,28,36)/t10-,11-,15?,16?,17-,25+/m1/s1. The van der Waals surface area contributed by atoms with Crippen LogP contribution in [0.5, 0.6) is 5.75 Å². The van der Waals surface area contributed by atoms with E-state index in [1.807, 2.05) is 0 Å². The van der Waals surface area contributed by atoms with E-state index in [4.69, 9.17) is 10.3 Å². The van der Waals surface area contributed by atoms with Crippen molar-refractivity contribution in [2.75, 3.05) is 19.4 Å². The zero-order chi connectivity index (χ0) is 27.7. The number of phenols is 1. The lowest BCUT2D eigenvalue weighted by Gasteiger charge is -2.52. The molecule has 0 radical (unpaired) electrons. The number of hydrogen-bond donors (Lipinski definition) is 4. The molecule has 3 aliphatic carbocycles. The van der Waals surface area contributed by atoms with Crippen molar-refractivity contribution in [1.82, 2.24) is 10.1 Å². The van der Waals surface area contributed by atoms with Gasteiger partial charge in [0.2, 0.25) is 11.7 Å². The number of aromatic hydroxyl groups is 1. The van der Waals surface area contributed by atoms with Crippen molar-refractivity contribution in [3.63, 3.8) is 0 Å². The largest absolute Gasteiger partial charge is 0.505 e. The number of nitrogens with zero attached hydrogens (tertiary/aromatic N) is 2. The highest BCUT2D eigenvalue weighted by Gasteiger charge is 2.69. The van der Waals surface area contributed by atoms with Crippen molar-refractivity contribution >= 4 is 40.6 Å². The van der Waals surface area contributed by atoms with Gasteiger partial charge in [0.25, 0.3) is 5.91 Å². The molecule has 0 bridgehead atoms. The Bertz CT molecular complexity index is 1420. The van der Waals surface area contributed by atoms with Gasteiger partial charge < -0.3 is 25.8 Å². The van der Waals surface area contributed by atoms with Crippen molar-refractivity contribution < 1.29 is 43.5 Å². The van der Waals surface area contributed by atoms with Crippen LogP contribution in [0.15, 0.2) is 28.9 Å². The van der Waals surface area contributed by atoms with Crippen molar-refractivity contribution in [3.8, 4) is 5.75 Å². The second kappa shape index (κ2) is 8.67. The van der Waals surface area contributed by atoms with Crippen LogP contribution in [-0.2, 0) is 25.6 Å². The summed E-state index contributed by atoms with van der Waals surface area (Å²) in [5.41, 5.74) is 2.54. The van der Waals surface area contributed by atoms with Crippen LogP contribution >= 0.6 is 0 Å². The summed E-state index contributed by atoms with van der Waals surface area (Å²) in [6.45, 7) is 0. The predicted octanol–water partition coefficient (Wildman–Crippen LogP) is -0.893. The third-order valence-electron chi connectivity index (χ3n) is 7.84. The van der Waals surface area contributed by atoms with Crippen LogP contribution in [0.2, 0.25) is 0 Å². The highest BCUT2D eigenvalue weighted by Crippen LogP contribution is 2.51. The number of likely N-dealkylation sites (N-methyl/N-ethyl adjacent to an activating group) is 1. The number of Topliss-reactive ketones (excluding diaryl/α,β-unsaturated/α-hetero) is 4. The number of carbonyl (C=O) groups is 6. The zero-order valence-corrected chi connectivity index (χ0v) is 20.3. The van der Waals surface area contributed by atoms with E-state index in [-0.39, 0.29) is 29.9 Å². The summed E-state index contributed by atoms with van der Waals surface area (Å²) in [6, 6.07) is 3.04. The zero-order valence-electron chi connectivity index (χ0n) is 20.3. The molecule has 1 aromatic carbocycles. The molecule has 2 unspecified atom stereocenters. The smallest absolute Gasteiger partial charge is 0.294 e.